The third-order valence-corrected chi connectivity index (χ3v) is 3.64. The fourth-order valence-corrected chi connectivity index (χ4v) is 3.30. The summed E-state index contributed by atoms with van der Waals surface area (Å²) >= 11 is 0. The Kier molecular flexibility index (Phi) is 4.19. The van der Waals surface area contributed by atoms with Crippen LogP contribution in [-0.4, -0.2) is 23.2 Å². The zero-order valence-electron chi connectivity index (χ0n) is 12.9. The van der Waals surface area contributed by atoms with Crippen LogP contribution in [0.5, 0.6) is 0 Å². The molecule has 0 atom stereocenters. The van der Waals surface area contributed by atoms with Gasteiger partial charge in [0, 0.05) is 23.9 Å². The second kappa shape index (κ2) is 5.57. The van der Waals surface area contributed by atoms with Crippen molar-refractivity contribution in [2.24, 2.45) is 0 Å². The molecular formula is C17H25NO2. The maximum atomic E-state index is 12.1. The van der Waals surface area contributed by atoms with E-state index in [0.29, 0.717) is 6.42 Å². The number of rotatable bonds is 3. The molecule has 0 amide bonds. The number of carbonyl (C=O) groups is 1. The van der Waals surface area contributed by atoms with Crippen molar-refractivity contribution >= 4 is 5.97 Å². The third kappa shape index (κ3) is 4.34. The highest BCUT2D eigenvalue weighted by molar-refractivity contribution is 5.72. The van der Waals surface area contributed by atoms with Gasteiger partial charge in [-0.25, -0.2) is 0 Å². The number of esters is 1. The first kappa shape index (κ1) is 15.0. The summed E-state index contributed by atoms with van der Waals surface area (Å²) in [5.41, 5.74) is 1.00. The molecule has 3 heteroatoms. The minimum Gasteiger partial charge on any atom is -0.462 e. The topological polar surface area (TPSA) is 38.3 Å². The number of hydrogen-bond donors (Lipinski definition) is 1. The first-order valence-electron chi connectivity index (χ1n) is 7.29. The van der Waals surface area contributed by atoms with Gasteiger partial charge in [0.1, 0.15) is 6.10 Å². The number of carbonyl (C=O) groups excluding carboxylic acids is 1. The van der Waals surface area contributed by atoms with E-state index < -0.39 is 0 Å². The maximum Gasteiger partial charge on any atom is 0.310 e. The standard InChI is InChI=1S/C17H25NO2/c1-16(2)11-14(12-17(3,4)18-16)20-15(19)10-13-8-6-5-7-9-13/h5-9,14,18H,10-12H2,1-4H3. The molecule has 0 radical (unpaired) electrons. The van der Waals surface area contributed by atoms with Crippen molar-refractivity contribution in [3.8, 4) is 0 Å². The summed E-state index contributed by atoms with van der Waals surface area (Å²) in [5.74, 6) is -0.130. The Hall–Kier alpha value is -1.35. The van der Waals surface area contributed by atoms with Crippen LogP contribution in [0.2, 0.25) is 0 Å². The number of benzene rings is 1. The Bertz CT molecular complexity index is 449. The molecule has 1 aromatic rings. The van der Waals surface area contributed by atoms with Crippen LogP contribution >= 0.6 is 0 Å². The fourth-order valence-electron chi connectivity index (χ4n) is 3.30. The van der Waals surface area contributed by atoms with Crippen molar-refractivity contribution in [3.05, 3.63) is 35.9 Å². The molecule has 3 nitrogen and oxygen atoms in total. The predicted molar refractivity (Wildman–Crippen MR) is 80.6 cm³/mol. The molecule has 110 valence electrons. The summed E-state index contributed by atoms with van der Waals surface area (Å²) in [5, 5.41) is 3.59. The molecule has 1 fully saturated rings. The Balaban J connectivity index is 1.94. The molecule has 0 spiro atoms. The van der Waals surface area contributed by atoms with Gasteiger partial charge >= 0.3 is 5.97 Å². The van der Waals surface area contributed by atoms with Gasteiger partial charge in [-0.2, -0.15) is 0 Å². The molecule has 1 aliphatic rings. The minimum atomic E-state index is -0.130. The first-order chi connectivity index (χ1) is 9.26. The Morgan fingerprint density at radius 1 is 1.15 bits per heavy atom. The van der Waals surface area contributed by atoms with Crippen molar-refractivity contribution in [2.75, 3.05) is 0 Å². The van der Waals surface area contributed by atoms with E-state index in [1.807, 2.05) is 30.3 Å². The van der Waals surface area contributed by atoms with E-state index in [-0.39, 0.29) is 23.2 Å². The Morgan fingerprint density at radius 2 is 1.70 bits per heavy atom. The Labute approximate surface area is 121 Å². The molecule has 1 aromatic carbocycles. The van der Waals surface area contributed by atoms with Crippen molar-refractivity contribution < 1.29 is 9.53 Å². The molecule has 0 unspecified atom stereocenters. The first-order valence-corrected chi connectivity index (χ1v) is 7.29. The van der Waals surface area contributed by atoms with E-state index in [0.717, 1.165) is 18.4 Å². The average Bonchev–Trinajstić information content (AvgIpc) is 2.25. The second-order valence-corrected chi connectivity index (χ2v) is 7.08. The van der Waals surface area contributed by atoms with E-state index in [2.05, 4.69) is 33.0 Å². The zero-order chi connectivity index (χ0) is 14.8. The van der Waals surface area contributed by atoms with Gasteiger partial charge in [-0.3, -0.25) is 4.79 Å². The normalized spacial score (nSPS) is 21.4. The lowest BCUT2D eigenvalue weighted by atomic mass is 9.81. The van der Waals surface area contributed by atoms with Gasteiger partial charge in [-0.1, -0.05) is 30.3 Å². The molecule has 1 aliphatic heterocycles. The smallest absolute Gasteiger partial charge is 0.310 e. The van der Waals surface area contributed by atoms with Crippen molar-refractivity contribution in [1.82, 2.24) is 5.32 Å². The van der Waals surface area contributed by atoms with Gasteiger partial charge in [-0.15, -0.1) is 0 Å². The zero-order valence-corrected chi connectivity index (χ0v) is 12.9. The lowest BCUT2D eigenvalue weighted by molar-refractivity contribution is -0.152. The molecule has 1 heterocycles. The fraction of sp³-hybridized carbons (Fsp3) is 0.588. The summed E-state index contributed by atoms with van der Waals surface area (Å²) in [7, 11) is 0. The van der Waals surface area contributed by atoms with Crippen LogP contribution < -0.4 is 5.32 Å². The highest BCUT2D eigenvalue weighted by Crippen LogP contribution is 2.30. The van der Waals surface area contributed by atoms with Crippen LogP contribution in [-0.2, 0) is 16.0 Å². The molecule has 0 saturated carbocycles. The summed E-state index contributed by atoms with van der Waals surface area (Å²) in [6.45, 7) is 8.63. The molecule has 0 aliphatic carbocycles. The molecule has 1 N–H and O–H groups in total. The van der Waals surface area contributed by atoms with Crippen LogP contribution in [0.1, 0.15) is 46.1 Å². The third-order valence-electron chi connectivity index (χ3n) is 3.64. The van der Waals surface area contributed by atoms with Crippen LogP contribution in [0.4, 0.5) is 0 Å². The number of hydrogen-bond acceptors (Lipinski definition) is 3. The lowest BCUT2D eigenvalue weighted by Gasteiger charge is -2.45. The van der Waals surface area contributed by atoms with E-state index in [9.17, 15) is 4.79 Å². The summed E-state index contributed by atoms with van der Waals surface area (Å²) in [4.78, 5) is 12.1. The molecule has 2 rings (SSSR count). The van der Waals surface area contributed by atoms with E-state index in [1.165, 1.54) is 0 Å². The monoisotopic (exact) mass is 275 g/mol. The highest BCUT2D eigenvalue weighted by Gasteiger charge is 2.39. The molecule has 0 bridgehead atoms. The molecule has 20 heavy (non-hydrogen) atoms. The number of piperidine rings is 1. The number of ether oxygens (including phenoxy) is 1. The minimum absolute atomic E-state index is 0.000552. The van der Waals surface area contributed by atoms with Crippen LogP contribution in [0.25, 0.3) is 0 Å². The van der Waals surface area contributed by atoms with Gasteiger partial charge in [0.15, 0.2) is 0 Å². The van der Waals surface area contributed by atoms with Crippen LogP contribution in [0.15, 0.2) is 30.3 Å². The molecular weight excluding hydrogens is 250 g/mol. The number of nitrogens with one attached hydrogen (secondary N) is 1. The highest BCUT2D eigenvalue weighted by atomic mass is 16.5. The Morgan fingerprint density at radius 3 is 2.25 bits per heavy atom. The van der Waals surface area contributed by atoms with Crippen LogP contribution in [0, 0.1) is 0 Å². The van der Waals surface area contributed by atoms with Gasteiger partial charge in [0.25, 0.3) is 0 Å². The largest absolute Gasteiger partial charge is 0.462 e. The quantitative estimate of drug-likeness (QED) is 0.862. The van der Waals surface area contributed by atoms with Crippen molar-refractivity contribution in [3.63, 3.8) is 0 Å². The lowest BCUT2D eigenvalue weighted by Crippen LogP contribution is -2.59. The van der Waals surface area contributed by atoms with E-state index in [1.54, 1.807) is 0 Å². The summed E-state index contributed by atoms with van der Waals surface area (Å²) in [6, 6.07) is 9.75. The van der Waals surface area contributed by atoms with Gasteiger partial charge < -0.3 is 10.1 Å². The second-order valence-electron chi connectivity index (χ2n) is 7.08. The maximum absolute atomic E-state index is 12.1. The van der Waals surface area contributed by atoms with Gasteiger partial charge in [0.2, 0.25) is 0 Å². The van der Waals surface area contributed by atoms with E-state index in [4.69, 9.17) is 4.74 Å². The van der Waals surface area contributed by atoms with Gasteiger partial charge in [-0.05, 0) is 33.3 Å². The summed E-state index contributed by atoms with van der Waals surface area (Å²) < 4.78 is 5.69. The van der Waals surface area contributed by atoms with Crippen LogP contribution in [0.3, 0.4) is 0 Å². The molecule has 1 saturated heterocycles. The van der Waals surface area contributed by atoms with Crippen molar-refractivity contribution in [2.45, 2.75) is 64.1 Å². The van der Waals surface area contributed by atoms with E-state index >= 15 is 0 Å². The van der Waals surface area contributed by atoms with Crippen molar-refractivity contribution in [1.29, 1.82) is 0 Å². The predicted octanol–water partition coefficient (Wildman–Crippen LogP) is 3.08. The van der Waals surface area contributed by atoms with Gasteiger partial charge in [0.05, 0.1) is 6.42 Å². The average molecular weight is 275 g/mol. The summed E-state index contributed by atoms with van der Waals surface area (Å²) in [6.07, 6.45) is 2.07. The molecule has 0 aromatic heterocycles. The SMILES string of the molecule is CC1(C)CC(OC(=O)Cc2ccccc2)CC(C)(C)N1.